The number of aryl methyl sites for hydroxylation is 2. The Morgan fingerprint density at radius 3 is 1.30 bits per heavy atom. The standard InChI is InChI=1S/C10H14O3.C10H8.C10H14.2C2H6/c1-12-7-9(11)8-13-10-5-3-2-4-6-10;1-2-6-10-8-4-3-7-9(10)5-1;1-3-9-5-7-10(4-2)8-6-9;2*1-2/h2-6,9,11H,7-8H2,1H3;1-8H;5-8H,3-4H2,1-2H3;2*1-2H3. The minimum Gasteiger partial charge on any atom is -0.491 e. The fourth-order valence-corrected chi connectivity index (χ4v) is 3.09. The predicted octanol–water partition coefficient (Wildman–Crippen LogP) is 8.78. The van der Waals surface area contributed by atoms with Crippen LogP contribution in [0.15, 0.2) is 103 Å². The molecule has 0 heterocycles. The van der Waals surface area contributed by atoms with Crippen molar-refractivity contribution in [1.82, 2.24) is 0 Å². The molecule has 0 amide bonds. The Kier molecular flexibility index (Phi) is 21.3. The third-order valence-corrected chi connectivity index (χ3v) is 5.04. The molecular formula is C34H48O3. The molecule has 0 fully saturated rings. The molecule has 3 heteroatoms. The van der Waals surface area contributed by atoms with Crippen molar-refractivity contribution in [2.45, 2.75) is 60.5 Å². The smallest absolute Gasteiger partial charge is 0.119 e. The van der Waals surface area contributed by atoms with Gasteiger partial charge in [0.1, 0.15) is 18.5 Å². The van der Waals surface area contributed by atoms with Crippen LogP contribution in [0.2, 0.25) is 0 Å². The van der Waals surface area contributed by atoms with E-state index in [1.165, 1.54) is 21.9 Å². The second-order valence-corrected chi connectivity index (χ2v) is 7.60. The number of aliphatic hydroxyl groups is 1. The van der Waals surface area contributed by atoms with Gasteiger partial charge in [0.05, 0.1) is 6.61 Å². The molecule has 0 radical (unpaired) electrons. The summed E-state index contributed by atoms with van der Waals surface area (Å²) in [6, 6.07) is 34.9. The van der Waals surface area contributed by atoms with Crippen LogP contribution in [-0.4, -0.2) is 31.5 Å². The third kappa shape index (κ3) is 15.6. The SMILES string of the molecule is CC.CC.CCc1ccc(CC)cc1.COCC(O)COc1ccccc1.c1ccc2ccccc2c1. The lowest BCUT2D eigenvalue weighted by molar-refractivity contribution is 0.0325. The number of ether oxygens (including phenoxy) is 2. The summed E-state index contributed by atoms with van der Waals surface area (Å²) < 4.78 is 10.1. The van der Waals surface area contributed by atoms with Gasteiger partial charge in [-0.1, -0.05) is 133 Å². The van der Waals surface area contributed by atoms with E-state index in [1.54, 1.807) is 7.11 Å². The van der Waals surface area contributed by atoms with Crippen molar-refractivity contribution in [1.29, 1.82) is 0 Å². The Morgan fingerprint density at radius 2 is 0.946 bits per heavy atom. The summed E-state index contributed by atoms with van der Waals surface area (Å²) in [5.41, 5.74) is 2.86. The number of methoxy groups -OCH3 is 1. The first kappa shape index (κ1) is 33.9. The van der Waals surface area contributed by atoms with Gasteiger partial charge in [-0.3, -0.25) is 0 Å². The molecule has 0 bridgehead atoms. The molecule has 0 spiro atoms. The van der Waals surface area contributed by atoms with Crippen molar-refractivity contribution in [3.05, 3.63) is 114 Å². The van der Waals surface area contributed by atoms with Crippen LogP contribution >= 0.6 is 0 Å². The molecule has 4 aromatic rings. The minimum atomic E-state index is -0.565. The number of aliphatic hydroxyl groups excluding tert-OH is 1. The first-order valence-electron chi connectivity index (χ1n) is 13.5. The van der Waals surface area contributed by atoms with Gasteiger partial charge < -0.3 is 14.6 Å². The molecule has 202 valence electrons. The third-order valence-electron chi connectivity index (χ3n) is 5.04. The van der Waals surface area contributed by atoms with Crippen molar-refractivity contribution in [2.24, 2.45) is 0 Å². The fourth-order valence-electron chi connectivity index (χ4n) is 3.09. The van der Waals surface area contributed by atoms with Gasteiger partial charge in [0, 0.05) is 7.11 Å². The molecule has 0 aromatic heterocycles. The van der Waals surface area contributed by atoms with Gasteiger partial charge in [0.15, 0.2) is 0 Å². The van der Waals surface area contributed by atoms with E-state index in [0.717, 1.165) is 18.6 Å². The van der Waals surface area contributed by atoms with Gasteiger partial charge >= 0.3 is 0 Å². The maximum absolute atomic E-state index is 9.26. The number of rotatable bonds is 7. The molecule has 3 nitrogen and oxygen atoms in total. The van der Waals surface area contributed by atoms with Crippen LogP contribution in [0.5, 0.6) is 5.75 Å². The molecule has 1 atom stereocenters. The first-order valence-corrected chi connectivity index (χ1v) is 13.5. The van der Waals surface area contributed by atoms with Crippen LogP contribution in [0, 0.1) is 0 Å². The van der Waals surface area contributed by atoms with E-state index in [2.05, 4.69) is 86.6 Å². The lowest BCUT2D eigenvalue weighted by atomic mass is 10.1. The zero-order valence-corrected chi connectivity index (χ0v) is 24.0. The number of para-hydroxylation sites is 1. The maximum atomic E-state index is 9.26. The number of fused-ring (bicyclic) bond motifs is 1. The van der Waals surface area contributed by atoms with E-state index < -0.39 is 6.10 Å². The van der Waals surface area contributed by atoms with Crippen molar-refractivity contribution in [3.8, 4) is 5.75 Å². The number of hydrogen-bond donors (Lipinski definition) is 1. The van der Waals surface area contributed by atoms with Gasteiger partial charge in [-0.05, 0) is 46.9 Å². The van der Waals surface area contributed by atoms with E-state index >= 15 is 0 Å². The quantitative estimate of drug-likeness (QED) is 0.273. The Morgan fingerprint density at radius 1 is 0.568 bits per heavy atom. The lowest BCUT2D eigenvalue weighted by Gasteiger charge is -2.10. The Balaban J connectivity index is 0.000000496. The highest BCUT2D eigenvalue weighted by atomic mass is 16.5. The van der Waals surface area contributed by atoms with Gasteiger partial charge in [-0.15, -0.1) is 0 Å². The summed E-state index contributed by atoms with van der Waals surface area (Å²) in [4.78, 5) is 0. The highest BCUT2D eigenvalue weighted by Gasteiger charge is 2.03. The monoisotopic (exact) mass is 504 g/mol. The highest BCUT2D eigenvalue weighted by molar-refractivity contribution is 5.82. The highest BCUT2D eigenvalue weighted by Crippen LogP contribution is 2.11. The molecule has 0 saturated carbocycles. The van der Waals surface area contributed by atoms with Crippen molar-refractivity contribution in [2.75, 3.05) is 20.3 Å². The number of benzene rings is 4. The molecule has 1 N–H and O–H groups in total. The summed E-state index contributed by atoms with van der Waals surface area (Å²) in [6.07, 6.45) is 1.72. The summed E-state index contributed by atoms with van der Waals surface area (Å²) in [6.45, 7) is 12.9. The van der Waals surface area contributed by atoms with E-state index in [0.29, 0.717) is 6.61 Å². The molecule has 0 aliphatic carbocycles. The average Bonchev–Trinajstić information content (AvgIpc) is 2.99. The fraction of sp³-hybridized carbons (Fsp3) is 0.353. The van der Waals surface area contributed by atoms with Crippen LogP contribution < -0.4 is 4.74 Å². The molecule has 0 aliphatic rings. The van der Waals surface area contributed by atoms with E-state index in [1.807, 2.05) is 58.0 Å². The summed E-state index contributed by atoms with van der Waals surface area (Å²) in [5.74, 6) is 0.762. The lowest BCUT2D eigenvalue weighted by Crippen LogP contribution is -2.22. The molecule has 1 unspecified atom stereocenters. The summed E-state index contributed by atoms with van der Waals surface area (Å²) >= 11 is 0. The largest absolute Gasteiger partial charge is 0.491 e. The Labute approximate surface area is 226 Å². The maximum Gasteiger partial charge on any atom is 0.119 e. The predicted molar refractivity (Wildman–Crippen MR) is 162 cm³/mol. The topological polar surface area (TPSA) is 38.7 Å². The molecule has 0 aliphatic heterocycles. The van der Waals surface area contributed by atoms with E-state index in [9.17, 15) is 5.11 Å². The van der Waals surface area contributed by atoms with Gasteiger partial charge in [-0.2, -0.15) is 0 Å². The van der Waals surface area contributed by atoms with E-state index in [4.69, 9.17) is 9.47 Å². The Bertz CT molecular complexity index is 925. The van der Waals surface area contributed by atoms with Crippen molar-refractivity contribution < 1.29 is 14.6 Å². The molecule has 37 heavy (non-hydrogen) atoms. The number of hydrogen-bond acceptors (Lipinski definition) is 3. The summed E-state index contributed by atoms with van der Waals surface area (Å²) in [5, 5.41) is 11.9. The molecule has 4 aromatic carbocycles. The van der Waals surface area contributed by atoms with Crippen molar-refractivity contribution in [3.63, 3.8) is 0 Å². The van der Waals surface area contributed by atoms with Crippen LogP contribution in [0.3, 0.4) is 0 Å². The molecular weight excluding hydrogens is 456 g/mol. The van der Waals surface area contributed by atoms with Crippen molar-refractivity contribution >= 4 is 10.8 Å². The zero-order chi connectivity index (χ0) is 27.7. The van der Waals surface area contributed by atoms with Crippen LogP contribution in [0.25, 0.3) is 10.8 Å². The Hall–Kier alpha value is -3.14. The van der Waals surface area contributed by atoms with Crippen LogP contribution in [0.4, 0.5) is 0 Å². The van der Waals surface area contributed by atoms with Gasteiger partial charge in [0.2, 0.25) is 0 Å². The normalized spacial score (nSPS) is 10.1. The van der Waals surface area contributed by atoms with Crippen LogP contribution in [-0.2, 0) is 17.6 Å². The van der Waals surface area contributed by atoms with Gasteiger partial charge in [0.25, 0.3) is 0 Å². The second-order valence-electron chi connectivity index (χ2n) is 7.60. The molecule has 4 rings (SSSR count). The second kappa shape index (κ2) is 23.3. The zero-order valence-electron chi connectivity index (χ0n) is 24.0. The van der Waals surface area contributed by atoms with Gasteiger partial charge in [-0.25, -0.2) is 0 Å². The summed E-state index contributed by atoms with van der Waals surface area (Å²) in [7, 11) is 1.55. The minimum absolute atomic E-state index is 0.262. The van der Waals surface area contributed by atoms with E-state index in [-0.39, 0.29) is 6.61 Å². The first-order chi connectivity index (χ1) is 18.2. The van der Waals surface area contributed by atoms with Crippen LogP contribution in [0.1, 0.15) is 52.7 Å². The average molecular weight is 505 g/mol. The molecule has 0 saturated heterocycles.